The number of halogens is 1. The van der Waals surface area contributed by atoms with E-state index in [0.29, 0.717) is 16.9 Å². The number of aromatic nitrogens is 2. The summed E-state index contributed by atoms with van der Waals surface area (Å²) in [5.74, 6) is 0.523. The van der Waals surface area contributed by atoms with Gasteiger partial charge in [0.25, 0.3) is 0 Å². The molecule has 0 bridgehead atoms. The molecule has 4 nitrogen and oxygen atoms in total. The van der Waals surface area contributed by atoms with Crippen LogP contribution < -0.4 is 5.73 Å². The van der Waals surface area contributed by atoms with Gasteiger partial charge in [0, 0.05) is 17.1 Å². The number of fused-ring (bicyclic) bond motifs is 1. The predicted molar refractivity (Wildman–Crippen MR) is 81.9 cm³/mol. The highest BCUT2D eigenvalue weighted by Gasteiger charge is 2.25. The fraction of sp³-hybridized carbons (Fsp3) is 0.400. The molecule has 106 valence electrons. The summed E-state index contributed by atoms with van der Waals surface area (Å²) in [5, 5.41) is 10.5. The zero-order valence-electron chi connectivity index (χ0n) is 11.2. The summed E-state index contributed by atoms with van der Waals surface area (Å²) in [4.78, 5) is 4.46. The van der Waals surface area contributed by atoms with Crippen LogP contribution in [-0.4, -0.2) is 20.7 Å². The lowest BCUT2D eigenvalue weighted by Crippen LogP contribution is -2.28. The number of aliphatic hydroxyl groups is 1. The Labute approximate surface area is 122 Å². The Morgan fingerprint density at radius 1 is 1.35 bits per heavy atom. The molecular weight excluding hydrogens is 274 g/mol. The second-order valence-electron chi connectivity index (χ2n) is 5.45. The summed E-state index contributed by atoms with van der Waals surface area (Å²) < 4.78 is 2.08. The minimum atomic E-state index is -0.00723. The fourth-order valence-electron chi connectivity index (χ4n) is 3.00. The van der Waals surface area contributed by atoms with Gasteiger partial charge in [-0.15, -0.1) is 0 Å². The maximum absolute atomic E-state index is 9.82. The monoisotopic (exact) mass is 291 g/mol. The van der Waals surface area contributed by atoms with Crippen LogP contribution in [0.4, 0.5) is 0 Å². The van der Waals surface area contributed by atoms with Gasteiger partial charge in [0.1, 0.15) is 0 Å². The van der Waals surface area contributed by atoms with Crippen LogP contribution in [0.2, 0.25) is 5.02 Å². The van der Waals surface area contributed by atoms with E-state index in [4.69, 9.17) is 17.3 Å². The van der Waals surface area contributed by atoms with E-state index in [2.05, 4.69) is 16.1 Å². The maximum Gasteiger partial charge on any atom is 0.175 e. The van der Waals surface area contributed by atoms with Gasteiger partial charge in [0.15, 0.2) is 11.6 Å². The van der Waals surface area contributed by atoms with Crippen molar-refractivity contribution in [2.75, 3.05) is 0 Å². The molecule has 5 heteroatoms. The van der Waals surface area contributed by atoms with Gasteiger partial charge in [-0.1, -0.05) is 18.2 Å². The van der Waals surface area contributed by atoms with Crippen molar-refractivity contribution in [2.45, 2.75) is 37.8 Å². The number of rotatable bonds is 2. The van der Waals surface area contributed by atoms with Crippen molar-refractivity contribution in [3.8, 4) is 0 Å². The summed E-state index contributed by atoms with van der Waals surface area (Å²) >= 11 is 6.01. The topological polar surface area (TPSA) is 64.1 Å². The molecule has 0 spiro atoms. The Morgan fingerprint density at radius 3 is 2.70 bits per heavy atom. The summed E-state index contributed by atoms with van der Waals surface area (Å²) in [7, 11) is 0. The lowest BCUT2D eigenvalue weighted by atomic mass is 9.91. The summed E-state index contributed by atoms with van der Waals surface area (Å²) in [5.41, 5.74) is 7.75. The normalized spacial score (nSPS) is 23.1. The molecule has 0 aliphatic heterocycles. The first kappa shape index (κ1) is 13.5. The van der Waals surface area contributed by atoms with Crippen LogP contribution in [0.5, 0.6) is 0 Å². The average molecular weight is 292 g/mol. The number of nitrogens with zero attached hydrogens (tertiary/aromatic N) is 2. The number of hydrogen-bond acceptors (Lipinski definition) is 3. The third-order valence-corrected chi connectivity index (χ3v) is 4.25. The van der Waals surface area contributed by atoms with E-state index < -0.39 is 0 Å². The molecule has 1 aromatic heterocycles. The highest BCUT2D eigenvalue weighted by Crippen LogP contribution is 2.34. The molecule has 1 aliphatic carbocycles. The highest BCUT2D eigenvalue weighted by atomic mass is 35.5. The molecule has 0 radical (unpaired) electrons. The van der Waals surface area contributed by atoms with Crippen molar-refractivity contribution in [1.29, 1.82) is 0 Å². The molecule has 0 amide bonds. The van der Waals surface area contributed by atoms with Crippen molar-refractivity contribution in [3.63, 3.8) is 0 Å². The summed E-state index contributed by atoms with van der Waals surface area (Å²) in [6.07, 6.45) is 3.98. The minimum Gasteiger partial charge on any atom is -0.505 e. The molecule has 1 heterocycles. The Balaban J connectivity index is 2.11. The molecule has 1 fully saturated rings. The van der Waals surface area contributed by atoms with Crippen molar-refractivity contribution >= 4 is 28.4 Å². The van der Waals surface area contributed by atoms with E-state index in [1.807, 2.05) is 18.2 Å². The zero-order chi connectivity index (χ0) is 14.3. The smallest absolute Gasteiger partial charge is 0.175 e. The number of hydrogen-bond donors (Lipinski definition) is 2. The Morgan fingerprint density at radius 2 is 2.05 bits per heavy atom. The molecular formula is C15H18ClN3O. The maximum atomic E-state index is 9.82. The molecule has 1 aliphatic rings. The Hall–Kier alpha value is -1.52. The van der Waals surface area contributed by atoms with Gasteiger partial charge in [0.05, 0.1) is 11.0 Å². The van der Waals surface area contributed by atoms with Crippen LogP contribution in [0.1, 0.15) is 37.5 Å². The SMILES string of the molecule is C=C(O)c1nc2cc(Cl)ccc2n1[C@H]1CC[C@@H](N)CC1. The lowest BCUT2D eigenvalue weighted by molar-refractivity contribution is 0.324. The van der Waals surface area contributed by atoms with Crippen LogP contribution in [0.3, 0.4) is 0 Å². The van der Waals surface area contributed by atoms with E-state index in [9.17, 15) is 5.11 Å². The highest BCUT2D eigenvalue weighted by molar-refractivity contribution is 6.31. The van der Waals surface area contributed by atoms with E-state index >= 15 is 0 Å². The first-order valence-electron chi connectivity index (χ1n) is 6.87. The molecule has 0 unspecified atom stereocenters. The van der Waals surface area contributed by atoms with Gasteiger partial charge in [-0.25, -0.2) is 4.98 Å². The van der Waals surface area contributed by atoms with Crippen LogP contribution >= 0.6 is 11.6 Å². The quantitative estimate of drug-likeness (QED) is 0.830. The van der Waals surface area contributed by atoms with E-state index in [1.165, 1.54) is 0 Å². The summed E-state index contributed by atoms with van der Waals surface area (Å²) in [6.45, 7) is 3.63. The molecule has 2 aromatic rings. The first-order chi connectivity index (χ1) is 9.56. The number of nitrogens with two attached hydrogens (primary N) is 1. The average Bonchev–Trinajstić information content (AvgIpc) is 2.78. The molecule has 1 saturated carbocycles. The first-order valence-corrected chi connectivity index (χ1v) is 7.25. The number of aliphatic hydroxyl groups excluding tert-OH is 1. The largest absolute Gasteiger partial charge is 0.505 e. The summed E-state index contributed by atoms with van der Waals surface area (Å²) in [6, 6.07) is 6.21. The Kier molecular flexibility index (Phi) is 3.44. The van der Waals surface area contributed by atoms with Gasteiger partial charge in [-0.05, 0) is 43.9 Å². The van der Waals surface area contributed by atoms with E-state index in [0.717, 1.165) is 36.7 Å². The molecule has 1 aromatic carbocycles. The Bertz CT molecular complexity index is 656. The van der Waals surface area contributed by atoms with Crippen molar-refractivity contribution < 1.29 is 5.11 Å². The fourth-order valence-corrected chi connectivity index (χ4v) is 3.17. The van der Waals surface area contributed by atoms with Gasteiger partial charge < -0.3 is 15.4 Å². The van der Waals surface area contributed by atoms with Crippen molar-refractivity contribution in [3.05, 3.63) is 35.6 Å². The van der Waals surface area contributed by atoms with Gasteiger partial charge in [0.2, 0.25) is 0 Å². The lowest BCUT2D eigenvalue weighted by Gasteiger charge is -2.28. The number of imidazole rings is 1. The van der Waals surface area contributed by atoms with Gasteiger partial charge in [-0.3, -0.25) is 0 Å². The minimum absolute atomic E-state index is 0.00723. The van der Waals surface area contributed by atoms with Crippen molar-refractivity contribution in [2.24, 2.45) is 5.73 Å². The van der Waals surface area contributed by atoms with Crippen LogP contribution in [-0.2, 0) is 0 Å². The second-order valence-corrected chi connectivity index (χ2v) is 5.89. The van der Waals surface area contributed by atoms with Gasteiger partial charge in [-0.2, -0.15) is 0 Å². The van der Waals surface area contributed by atoms with Gasteiger partial charge >= 0.3 is 0 Å². The van der Waals surface area contributed by atoms with E-state index in [1.54, 1.807) is 0 Å². The molecule has 3 N–H and O–H groups in total. The van der Waals surface area contributed by atoms with Crippen LogP contribution in [0.25, 0.3) is 16.8 Å². The predicted octanol–water partition coefficient (Wildman–Crippen LogP) is 3.66. The van der Waals surface area contributed by atoms with Crippen molar-refractivity contribution in [1.82, 2.24) is 9.55 Å². The molecule has 0 saturated heterocycles. The van der Waals surface area contributed by atoms with Crippen LogP contribution in [0.15, 0.2) is 24.8 Å². The second kappa shape index (κ2) is 5.11. The third-order valence-electron chi connectivity index (χ3n) is 4.02. The molecule has 0 atom stereocenters. The van der Waals surface area contributed by atoms with E-state index in [-0.39, 0.29) is 11.8 Å². The molecule has 3 rings (SSSR count). The third kappa shape index (κ3) is 2.30. The number of benzene rings is 1. The standard InChI is InChI=1S/C15H18ClN3O/c1-9(20)15-18-13-8-10(16)2-7-14(13)19(15)12-5-3-11(17)4-6-12/h2,7-8,11-12,20H,1,3-6,17H2/t11-,12+. The molecule has 20 heavy (non-hydrogen) atoms. The van der Waals surface area contributed by atoms with Crippen LogP contribution in [0, 0.1) is 0 Å². The zero-order valence-corrected chi connectivity index (χ0v) is 12.0.